The highest BCUT2D eigenvalue weighted by Crippen LogP contribution is 2.13. The van der Waals surface area contributed by atoms with E-state index in [4.69, 9.17) is 5.73 Å². The third kappa shape index (κ3) is 3.95. The minimum absolute atomic E-state index is 0.0665. The zero-order chi connectivity index (χ0) is 14.4. The van der Waals surface area contributed by atoms with Crippen LogP contribution in [0.2, 0.25) is 0 Å². The maximum atomic E-state index is 13.0. The SMILES string of the molecule is Nc1cc(/C=C/C(=O)NCc2ccccc2)ccc1F. The normalized spacial score (nSPS) is 10.7. The highest BCUT2D eigenvalue weighted by Gasteiger charge is 1.99. The molecule has 0 aliphatic heterocycles. The van der Waals surface area contributed by atoms with Gasteiger partial charge in [0.05, 0.1) is 5.69 Å². The van der Waals surface area contributed by atoms with Crippen molar-refractivity contribution in [1.29, 1.82) is 0 Å². The Bertz CT molecular complexity index is 624. The summed E-state index contributed by atoms with van der Waals surface area (Å²) in [5.74, 6) is -0.674. The highest BCUT2D eigenvalue weighted by molar-refractivity contribution is 5.91. The molecule has 0 bridgehead atoms. The fourth-order valence-corrected chi connectivity index (χ4v) is 1.68. The number of rotatable bonds is 4. The molecule has 0 aliphatic carbocycles. The summed E-state index contributed by atoms with van der Waals surface area (Å²) in [7, 11) is 0. The van der Waals surface area contributed by atoms with Gasteiger partial charge in [0.15, 0.2) is 0 Å². The Morgan fingerprint density at radius 1 is 1.20 bits per heavy atom. The molecule has 0 saturated heterocycles. The Morgan fingerprint density at radius 3 is 2.65 bits per heavy atom. The van der Waals surface area contributed by atoms with Gasteiger partial charge in [-0.3, -0.25) is 4.79 Å². The number of hydrogen-bond acceptors (Lipinski definition) is 2. The van der Waals surface area contributed by atoms with Crippen LogP contribution >= 0.6 is 0 Å². The first-order valence-electron chi connectivity index (χ1n) is 6.20. The van der Waals surface area contributed by atoms with Crippen molar-refractivity contribution < 1.29 is 9.18 Å². The number of halogens is 1. The predicted octanol–water partition coefficient (Wildman–Crippen LogP) is 2.74. The molecule has 0 aromatic heterocycles. The van der Waals surface area contributed by atoms with Gasteiger partial charge in [0.25, 0.3) is 0 Å². The molecule has 0 heterocycles. The molecule has 0 unspecified atom stereocenters. The lowest BCUT2D eigenvalue weighted by Crippen LogP contribution is -2.20. The first kappa shape index (κ1) is 13.8. The summed E-state index contributed by atoms with van der Waals surface area (Å²) in [6.45, 7) is 0.468. The first-order valence-corrected chi connectivity index (χ1v) is 6.20. The lowest BCUT2D eigenvalue weighted by Gasteiger charge is -2.02. The average molecular weight is 270 g/mol. The van der Waals surface area contributed by atoms with E-state index in [0.29, 0.717) is 12.1 Å². The minimum atomic E-state index is -0.462. The molecule has 0 atom stereocenters. The quantitative estimate of drug-likeness (QED) is 0.663. The van der Waals surface area contributed by atoms with Gasteiger partial charge < -0.3 is 11.1 Å². The second-order valence-electron chi connectivity index (χ2n) is 4.32. The zero-order valence-corrected chi connectivity index (χ0v) is 10.8. The number of anilines is 1. The molecule has 2 rings (SSSR count). The van der Waals surface area contributed by atoms with Gasteiger partial charge in [-0.1, -0.05) is 36.4 Å². The summed E-state index contributed by atoms with van der Waals surface area (Å²) in [6.07, 6.45) is 2.99. The number of nitrogen functional groups attached to an aromatic ring is 1. The van der Waals surface area contributed by atoms with Crippen molar-refractivity contribution in [2.24, 2.45) is 0 Å². The lowest BCUT2D eigenvalue weighted by atomic mass is 10.2. The van der Waals surface area contributed by atoms with Crippen molar-refractivity contribution >= 4 is 17.7 Å². The number of nitrogens with two attached hydrogens (primary N) is 1. The summed E-state index contributed by atoms with van der Waals surface area (Å²) in [4.78, 5) is 11.6. The molecule has 20 heavy (non-hydrogen) atoms. The second-order valence-corrected chi connectivity index (χ2v) is 4.32. The van der Waals surface area contributed by atoms with Crippen molar-refractivity contribution in [2.75, 3.05) is 5.73 Å². The van der Waals surface area contributed by atoms with Crippen molar-refractivity contribution in [3.05, 3.63) is 71.6 Å². The van der Waals surface area contributed by atoms with Crippen LogP contribution in [0, 0.1) is 5.82 Å². The summed E-state index contributed by atoms with van der Waals surface area (Å²) < 4.78 is 13.0. The van der Waals surface area contributed by atoms with Crippen LogP contribution in [0.3, 0.4) is 0 Å². The molecule has 4 heteroatoms. The van der Waals surface area contributed by atoms with Crippen molar-refractivity contribution in [3.63, 3.8) is 0 Å². The van der Waals surface area contributed by atoms with Crippen LogP contribution in [-0.2, 0) is 11.3 Å². The predicted molar refractivity (Wildman–Crippen MR) is 78.1 cm³/mol. The molecule has 3 nitrogen and oxygen atoms in total. The maximum absolute atomic E-state index is 13.0. The summed E-state index contributed by atoms with van der Waals surface area (Å²) in [6, 6.07) is 13.9. The van der Waals surface area contributed by atoms with Gasteiger partial charge in [0.1, 0.15) is 5.82 Å². The minimum Gasteiger partial charge on any atom is -0.396 e. The van der Waals surface area contributed by atoms with E-state index in [1.165, 1.54) is 18.2 Å². The van der Waals surface area contributed by atoms with E-state index in [9.17, 15) is 9.18 Å². The van der Waals surface area contributed by atoms with E-state index in [-0.39, 0.29) is 11.6 Å². The number of hydrogen-bond donors (Lipinski definition) is 2. The Kier molecular flexibility index (Phi) is 4.50. The van der Waals surface area contributed by atoms with Crippen molar-refractivity contribution in [2.45, 2.75) is 6.54 Å². The third-order valence-corrected chi connectivity index (χ3v) is 2.76. The molecule has 0 spiro atoms. The van der Waals surface area contributed by atoms with Crippen LogP contribution in [0.1, 0.15) is 11.1 Å². The van der Waals surface area contributed by atoms with Crippen LogP contribution in [0.25, 0.3) is 6.08 Å². The number of carbonyl (C=O) groups is 1. The topological polar surface area (TPSA) is 55.1 Å². The van der Waals surface area contributed by atoms with Gasteiger partial charge in [0.2, 0.25) is 5.91 Å². The third-order valence-electron chi connectivity index (χ3n) is 2.76. The van der Waals surface area contributed by atoms with Crippen LogP contribution in [0.4, 0.5) is 10.1 Å². The number of nitrogens with one attached hydrogen (secondary N) is 1. The van der Waals surface area contributed by atoms with Gasteiger partial charge in [-0.05, 0) is 29.3 Å². The van der Waals surface area contributed by atoms with Gasteiger partial charge in [-0.2, -0.15) is 0 Å². The van der Waals surface area contributed by atoms with Gasteiger partial charge in [0, 0.05) is 12.6 Å². The monoisotopic (exact) mass is 270 g/mol. The van der Waals surface area contributed by atoms with E-state index in [2.05, 4.69) is 5.32 Å². The van der Waals surface area contributed by atoms with Crippen molar-refractivity contribution in [3.8, 4) is 0 Å². The van der Waals surface area contributed by atoms with Gasteiger partial charge in [-0.15, -0.1) is 0 Å². The summed E-state index contributed by atoms with van der Waals surface area (Å²) >= 11 is 0. The van der Waals surface area contributed by atoms with E-state index >= 15 is 0 Å². The first-order chi connectivity index (χ1) is 9.65. The van der Waals surface area contributed by atoms with Gasteiger partial charge in [-0.25, -0.2) is 4.39 Å². The average Bonchev–Trinajstić information content (AvgIpc) is 2.47. The second kappa shape index (κ2) is 6.52. The molecule has 0 fully saturated rings. The Labute approximate surface area is 116 Å². The fourth-order valence-electron chi connectivity index (χ4n) is 1.68. The van der Waals surface area contributed by atoms with E-state index < -0.39 is 5.82 Å². The smallest absolute Gasteiger partial charge is 0.244 e. The summed E-state index contributed by atoms with van der Waals surface area (Å²) in [5, 5.41) is 2.76. The fraction of sp³-hybridized carbons (Fsp3) is 0.0625. The number of carbonyl (C=O) groups excluding carboxylic acids is 1. The zero-order valence-electron chi connectivity index (χ0n) is 10.8. The number of amides is 1. The Balaban J connectivity index is 1.90. The molecule has 0 saturated carbocycles. The maximum Gasteiger partial charge on any atom is 0.244 e. The van der Waals surface area contributed by atoms with E-state index in [0.717, 1.165) is 5.56 Å². The molecular weight excluding hydrogens is 255 g/mol. The highest BCUT2D eigenvalue weighted by atomic mass is 19.1. The largest absolute Gasteiger partial charge is 0.396 e. The number of benzene rings is 2. The molecule has 2 aromatic carbocycles. The standard InChI is InChI=1S/C16H15FN2O/c17-14-8-6-12(10-15(14)18)7-9-16(20)19-11-13-4-2-1-3-5-13/h1-10H,11,18H2,(H,19,20)/b9-7+. The molecule has 1 amide bonds. The molecule has 0 radical (unpaired) electrons. The van der Waals surface area contributed by atoms with E-state index in [1.807, 2.05) is 30.3 Å². The van der Waals surface area contributed by atoms with Crippen LogP contribution in [0.15, 0.2) is 54.6 Å². The summed E-state index contributed by atoms with van der Waals surface area (Å²) in [5.41, 5.74) is 7.23. The van der Waals surface area contributed by atoms with E-state index in [1.54, 1.807) is 12.1 Å². The van der Waals surface area contributed by atoms with Crippen molar-refractivity contribution in [1.82, 2.24) is 5.32 Å². The van der Waals surface area contributed by atoms with Crippen LogP contribution < -0.4 is 11.1 Å². The van der Waals surface area contributed by atoms with Gasteiger partial charge >= 0.3 is 0 Å². The Hall–Kier alpha value is -2.62. The molecular formula is C16H15FN2O. The molecule has 3 N–H and O–H groups in total. The lowest BCUT2D eigenvalue weighted by molar-refractivity contribution is -0.116. The van der Waals surface area contributed by atoms with Crippen LogP contribution in [-0.4, -0.2) is 5.91 Å². The molecule has 0 aliphatic rings. The molecule has 2 aromatic rings. The Morgan fingerprint density at radius 2 is 1.95 bits per heavy atom. The molecule has 102 valence electrons. The van der Waals surface area contributed by atoms with Crippen LogP contribution in [0.5, 0.6) is 0 Å².